The molecule has 0 radical (unpaired) electrons. The second kappa shape index (κ2) is 8.01. The van der Waals surface area contributed by atoms with Gasteiger partial charge < -0.3 is 10.1 Å². The molecule has 0 aliphatic rings. The number of anilines is 1. The van der Waals surface area contributed by atoms with E-state index in [4.69, 9.17) is 4.74 Å². The van der Waals surface area contributed by atoms with Crippen LogP contribution in [0.3, 0.4) is 0 Å². The highest BCUT2D eigenvalue weighted by Gasteiger charge is 2.22. The topological polar surface area (TPSA) is 114 Å². The molecular formula is C18H22N6O3S. The molecule has 0 aliphatic heterocycles. The van der Waals surface area contributed by atoms with Crippen molar-refractivity contribution in [2.75, 3.05) is 17.7 Å². The Bertz CT molecular complexity index is 1040. The number of carbonyl (C=O) groups is 1. The maximum Gasteiger partial charge on any atom is 0.274 e. The Balaban J connectivity index is 1.69. The van der Waals surface area contributed by atoms with Gasteiger partial charge in [-0.1, -0.05) is 32.5 Å². The number of carbonyl (C=O) groups excluding carboxylic acids is 1. The van der Waals surface area contributed by atoms with Crippen molar-refractivity contribution in [3.63, 3.8) is 0 Å². The van der Waals surface area contributed by atoms with Gasteiger partial charge in [0.15, 0.2) is 0 Å². The number of nitrogens with one attached hydrogen (secondary N) is 2. The van der Waals surface area contributed by atoms with Crippen molar-refractivity contribution in [2.24, 2.45) is 0 Å². The van der Waals surface area contributed by atoms with Crippen LogP contribution in [0.1, 0.15) is 33.4 Å². The lowest BCUT2D eigenvalue weighted by atomic mass is 9.93. The van der Waals surface area contributed by atoms with E-state index in [1.54, 1.807) is 24.3 Å². The molecule has 0 spiro atoms. The summed E-state index contributed by atoms with van der Waals surface area (Å²) in [5, 5.41) is 15.6. The number of H-pyrrole nitrogens is 1. The number of rotatable bonds is 6. The highest BCUT2D eigenvalue weighted by Crippen LogP contribution is 2.20. The van der Waals surface area contributed by atoms with Crippen molar-refractivity contribution in [3.8, 4) is 5.75 Å². The Morgan fingerprint density at radius 3 is 2.61 bits per heavy atom. The van der Waals surface area contributed by atoms with E-state index in [-0.39, 0.29) is 23.0 Å². The van der Waals surface area contributed by atoms with E-state index in [1.807, 2.05) is 27.7 Å². The third-order valence-corrected chi connectivity index (χ3v) is 4.66. The Hall–Kier alpha value is -2.88. The standard InChI is InChI=1S/C18H22N6O3S/c1-5-27-12-8-6-11(7-9-12)19-13(25)10-28-17-22-21-16-20-15(26)14(18(2,3)4)23-24(16)17/h6-9H,5,10H2,1-4H3,(H,19,25)(H,20,21,26). The zero-order chi connectivity index (χ0) is 20.3. The van der Waals surface area contributed by atoms with Crippen LogP contribution in [-0.4, -0.2) is 43.1 Å². The summed E-state index contributed by atoms with van der Waals surface area (Å²) in [7, 11) is 0. The Labute approximate surface area is 165 Å². The van der Waals surface area contributed by atoms with E-state index in [9.17, 15) is 9.59 Å². The largest absolute Gasteiger partial charge is 0.494 e. The minimum atomic E-state index is -0.432. The summed E-state index contributed by atoms with van der Waals surface area (Å²) >= 11 is 1.19. The summed E-state index contributed by atoms with van der Waals surface area (Å²) < 4.78 is 6.83. The highest BCUT2D eigenvalue weighted by molar-refractivity contribution is 7.99. The average molecular weight is 402 g/mol. The van der Waals surface area contributed by atoms with Gasteiger partial charge in [-0.15, -0.1) is 10.2 Å². The normalized spacial score (nSPS) is 11.6. The van der Waals surface area contributed by atoms with Crippen LogP contribution in [0.25, 0.3) is 5.78 Å². The first-order valence-electron chi connectivity index (χ1n) is 8.79. The van der Waals surface area contributed by atoms with Crippen molar-refractivity contribution in [3.05, 3.63) is 40.3 Å². The SMILES string of the molecule is CCOc1ccc(NC(=O)CSc2nnc3[nH]c(=O)c(C(C)(C)C)nn23)cc1. The molecule has 3 rings (SSSR count). The minimum Gasteiger partial charge on any atom is -0.494 e. The lowest BCUT2D eigenvalue weighted by Gasteiger charge is -2.15. The fraction of sp³-hybridized carbons (Fsp3) is 0.389. The van der Waals surface area contributed by atoms with Crippen LogP contribution in [-0.2, 0) is 10.2 Å². The fourth-order valence-electron chi connectivity index (χ4n) is 2.45. The molecule has 1 amide bonds. The summed E-state index contributed by atoms with van der Waals surface area (Å²) in [6.07, 6.45) is 0. The second-order valence-corrected chi connectivity index (χ2v) is 8.01. The lowest BCUT2D eigenvalue weighted by Crippen LogP contribution is -2.28. The maximum atomic E-state index is 12.2. The zero-order valence-corrected chi connectivity index (χ0v) is 17.0. The number of nitrogens with zero attached hydrogens (tertiary/aromatic N) is 4. The van der Waals surface area contributed by atoms with E-state index in [2.05, 4.69) is 25.6 Å². The fourth-order valence-corrected chi connectivity index (χ4v) is 3.13. The van der Waals surface area contributed by atoms with E-state index in [1.165, 1.54) is 16.3 Å². The summed E-state index contributed by atoms with van der Waals surface area (Å²) in [4.78, 5) is 27.1. The molecule has 10 heteroatoms. The monoisotopic (exact) mass is 402 g/mol. The Morgan fingerprint density at radius 2 is 1.96 bits per heavy atom. The molecule has 3 aromatic rings. The summed E-state index contributed by atoms with van der Waals surface area (Å²) in [6, 6.07) is 7.16. The molecule has 2 aromatic heterocycles. The number of aromatic amines is 1. The van der Waals surface area contributed by atoms with Gasteiger partial charge in [0, 0.05) is 11.1 Å². The van der Waals surface area contributed by atoms with Crippen molar-refractivity contribution >= 4 is 29.1 Å². The summed E-state index contributed by atoms with van der Waals surface area (Å²) in [6.45, 7) is 8.20. The molecule has 1 aromatic carbocycles. The first-order valence-corrected chi connectivity index (χ1v) is 9.78. The molecular weight excluding hydrogens is 380 g/mol. The van der Waals surface area contributed by atoms with E-state index < -0.39 is 5.41 Å². The molecule has 148 valence electrons. The first-order chi connectivity index (χ1) is 13.3. The van der Waals surface area contributed by atoms with E-state index in [0.29, 0.717) is 23.1 Å². The van der Waals surface area contributed by atoms with E-state index >= 15 is 0 Å². The number of ether oxygens (including phenoxy) is 1. The van der Waals surface area contributed by atoms with Crippen LogP contribution in [0.5, 0.6) is 5.75 Å². The van der Waals surface area contributed by atoms with Gasteiger partial charge in [0.2, 0.25) is 11.1 Å². The molecule has 0 unspecified atom stereocenters. The van der Waals surface area contributed by atoms with Gasteiger partial charge in [0.1, 0.15) is 11.4 Å². The predicted octanol–water partition coefficient (Wildman–Crippen LogP) is 2.24. The smallest absolute Gasteiger partial charge is 0.274 e. The maximum absolute atomic E-state index is 12.2. The van der Waals surface area contributed by atoms with Gasteiger partial charge in [-0.3, -0.25) is 14.6 Å². The predicted molar refractivity (Wildman–Crippen MR) is 107 cm³/mol. The van der Waals surface area contributed by atoms with Crippen molar-refractivity contribution in [1.29, 1.82) is 0 Å². The number of benzene rings is 1. The molecule has 0 saturated carbocycles. The number of amides is 1. The molecule has 0 aliphatic carbocycles. The highest BCUT2D eigenvalue weighted by atomic mass is 32.2. The first kappa shape index (κ1) is 19.9. The van der Waals surface area contributed by atoms with Crippen molar-refractivity contribution in [1.82, 2.24) is 24.8 Å². The van der Waals surface area contributed by atoms with Gasteiger partial charge >= 0.3 is 0 Å². The summed E-state index contributed by atoms with van der Waals surface area (Å²) in [5.41, 5.74) is 0.328. The minimum absolute atomic E-state index is 0.125. The van der Waals surface area contributed by atoms with Crippen LogP contribution in [0.15, 0.2) is 34.2 Å². The summed E-state index contributed by atoms with van der Waals surface area (Å²) in [5.74, 6) is 0.929. The zero-order valence-electron chi connectivity index (χ0n) is 16.1. The van der Waals surface area contributed by atoms with E-state index in [0.717, 1.165) is 5.75 Å². The van der Waals surface area contributed by atoms with Crippen molar-refractivity contribution < 1.29 is 9.53 Å². The van der Waals surface area contributed by atoms with Gasteiger partial charge in [-0.05, 0) is 31.2 Å². The van der Waals surface area contributed by atoms with Gasteiger partial charge in [0.05, 0.1) is 12.4 Å². The lowest BCUT2D eigenvalue weighted by molar-refractivity contribution is -0.113. The van der Waals surface area contributed by atoms with Crippen LogP contribution in [0, 0.1) is 0 Å². The molecule has 0 saturated heterocycles. The number of hydrogen-bond donors (Lipinski definition) is 2. The number of fused-ring (bicyclic) bond motifs is 1. The molecule has 9 nitrogen and oxygen atoms in total. The number of aromatic nitrogens is 5. The molecule has 2 N–H and O–H groups in total. The van der Waals surface area contributed by atoms with Crippen LogP contribution in [0.2, 0.25) is 0 Å². The van der Waals surface area contributed by atoms with Gasteiger partial charge in [0.25, 0.3) is 11.3 Å². The molecule has 2 heterocycles. The van der Waals surface area contributed by atoms with Gasteiger partial charge in [-0.2, -0.15) is 9.61 Å². The molecule has 0 bridgehead atoms. The van der Waals surface area contributed by atoms with Crippen molar-refractivity contribution in [2.45, 2.75) is 38.3 Å². The van der Waals surface area contributed by atoms with Crippen LogP contribution >= 0.6 is 11.8 Å². The molecule has 0 fully saturated rings. The number of hydrogen-bond acceptors (Lipinski definition) is 7. The Kier molecular flexibility index (Phi) is 5.68. The van der Waals surface area contributed by atoms with Crippen LogP contribution in [0.4, 0.5) is 5.69 Å². The van der Waals surface area contributed by atoms with Crippen LogP contribution < -0.4 is 15.6 Å². The third kappa shape index (κ3) is 4.50. The number of thioether (sulfide) groups is 1. The second-order valence-electron chi connectivity index (χ2n) is 7.06. The Morgan fingerprint density at radius 1 is 1.25 bits per heavy atom. The third-order valence-electron chi connectivity index (χ3n) is 3.74. The van der Waals surface area contributed by atoms with Gasteiger partial charge in [-0.25, -0.2) is 0 Å². The quantitative estimate of drug-likeness (QED) is 0.608. The average Bonchev–Trinajstić information content (AvgIpc) is 3.02. The molecule has 0 atom stereocenters. The molecule has 28 heavy (non-hydrogen) atoms.